The fraction of sp³-hybridized carbons (Fsp3) is 0.600. The maximum Gasteiger partial charge on any atom is 0.235 e. The Morgan fingerprint density at radius 3 is 2.73 bits per heavy atom. The topological polar surface area (TPSA) is 88.2 Å². The molecule has 1 saturated carbocycles. The maximum atomic E-state index is 12.0. The van der Waals surface area contributed by atoms with Crippen LogP contribution in [0.15, 0.2) is 24.5 Å². The first kappa shape index (κ1) is 16.9. The lowest BCUT2D eigenvalue weighted by atomic mass is 9.91. The number of sulfonamides is 1. The van der Waals surface area contributed by atoms with E-state index in [0.717, 1.165) is 31.2 Å². The maximum absolute atomic E-state index is 12.0. The number of amides is 1. The number of hydrogen-bond acceptors (Lipinski definition) is 4. The number of nitrogens with one attached hydrogen (secondary N) is 2. The third-order valence-electron chi connectivity index (χ3n) is 3.84. The molecule has 2 N–H and O–H groups in total. The number of carbonyl (C=O) groups excluding carboxylic acids is 1. The molecule has 1 heterocycles. The van der Waals surface area contributed by atoms with E-state index in [1.807, 2.05) is 6.07 Å². The Bertz CT molecular complexity index is 569. The normalized spacial score (nSPS) is 16.4. The minimum absolute atomic E-state index is 0.128. The molecule has 0 aromatic carbocycles. The summed E-state index contributed by atoms with van der Waals surface area (Å²) in [5.74, 6) is 0.0175. The van der Waals surface area contributed by atoms with Gasteiger partial charge in [0.25, 0.3) is 0 Å². The number of nitrogens with zero attached hydrogens (tertiary/aromatic N) is 1. The second-order valence-electron chi connectivity index (χ2n) is 5.74. The first-order valence-corrected chi connectivity index (χ1v) is 9.33. The van der Waals surface area contributed by atoms with Gasteiger partial charge in [0.1, 0.15) is 0 Å². The first-order valence-electron chi connectivity index (χ1n) is 7.68. The molecule has 122 valence electrons. The molecule has 0 spiro atoms. The Balaban J connectivity index is 1.70. The fourth-order valence-corrected chi connectivity index (χ4v) is 4.09. The van der Waals surface area contributed by atoms with Gasteiger partial charge in [0.15, 0.2) is 0 Å². The van der Waals surface area contributed by atoms with Crippen LogP contribution < -0.4 is 10.0 Å². The Morgan fingerprint density at radius 2 is 2.05 bits per heavy atom. The smallest absolute Gasteiger partial charge is 0.235 e. The van der Waals surface area contributed by atoms with Gasteiger partial charge in [-0.3, -0.25) is 9.78 Å². The fourth-order valence-electron chi connectivity index (χ4n) is 2.66. The average molecular weight is 325 g/mol. The lowest BCUT2D eigenvalue weighted by Gasteiger charge is -2.21. The van der Waals surface area contributed by atoms with Crippen molar-refractivity contribution in [3.63, 3.8) is 0 Å². The van der Waals surface area contributed by atoms with Crippen LogP contribution >= 0.6 is 0 Å². The third-order valence-corrected chi connectivity index (χ3v) is 5.34. The van der Waals surface area contributed by atoms with Crippen LogP contribution in [0.25, 0.3) is 0 Å². The van der Waals surface area contributed by atoms with Gasteiger partial charge in [-0.25, -0.2) is 13.1 Å². The highest BCUT2D eigenvalue weighted by Crippen LogP contribution is 2.24. The summed E-state index contributed by atoms with van der Waals surface area (Å²) in [4.78, 5) is 15.6. The van der Waals surface area contributed by atoms with Crippen molar-refractivity contribution < 1.29 is 13.2 Å². The third kappa shape index (κ3) is 6.11. The summed E-state index contributed by atoms with van der Waals surface area (Å²) in [6.45, 7) is 0.131. The van der Waals surface area contributed by atoms with Crippen molar-refractivity contribution in [2.75, 3.05) is 12.3 Å². The molecule has 0 bridgehead atoms. The van der Waals surface area contributed by atoms with Gasteiger partial charge >= 0.3 is 0 Å². The highest BCUT2D eigenvalue weighted by molar-refractivity contribution is 7.89. The van der Waals surface area contributed by atoms with Crippen molar-refractivity contribution in [1.29, 1.82) is 0 Å². The van der Waals surface area contributed by atoms with Crippen LogP contribution in [0.1, 0.15) is 37.7 Å². The first-order chi connectivity index (χ1) is 10.6. The summed E-state index contributed by atoms with van der Waals surface area (Å²) in [7, 11) is -3.38. The summed E-state index contributed by atoms with van der Waals surface area (Å²) < 4.78 is 26.3. The van der Waals surface area contributed by atoms with Gasteiger partial charge in [-0.05, 0) is 30.4 Å². The number of rotatable bonds is 7. The van der Waals surface area contributed by atoms with Crippen LogP contribution in [0.3, 0.4) is 0 Å². The lowest BCUT2D eigenvalue weighted by Crippen LogP contribution is -2.39. The zero-order chi connectivity index (χ0) is 15.8. The molecule has 1 aromatic rings. The van der Waals surface area contributed by atoms with E-state index in [1.165, 1.54) is 6.42 Å². The monoisotopic (exact) mass is 325 g/mol. The van der Waals surface area contributed by atoms with Gasteiger partial charge in [0.05, 0.1) is 12.3 Å². The van der Waals surface area contributed by atoms with E-state index in [1.54, 1.807) is 18.5 Å². The van der Waals surface area contributed by atoms with Crippen molar-refractivity contribution >= 4 is 15.9 Å². The van der Waals surface area contributed by atoms with Crippen molar-refractivity contribution in [2.45, 2.75) is 38.6 Å². The van der Waals surface area contributed by atoms with E-state index in [-0.39, 0.29) is 24.1 Å². The Hall–Kier alpha value is -1.47. The van der Waals surface area contributed by atoms with Crippen LogP contribution in [-0.2, 0) is 21.4 Å². The zero-order valence-corrected chi connectivity index (χ0v) is 13.4. The molecule has 1 aromatic heterocycles. The van der Waals surface area contributed by atoms with Crippen LogP contribution in [0, 0.1) is 5.92 Å². The van der Waals surface area contributed by atoms with Crippen LogP contribution in [0.4, 0.5) is 0 Å². The minimum atomic E-state index is -3.38. The van der Waals surface area contributed by atoms with Gasteiger partial charge in [-0.1, -0.05) is 25.3 Å². The summed E-state index contributed by atoms with van der Waals surface area (Å²) >= 11 is 0. The largest absolute Gasteiger partial charge is 0.351 e. The molecular weight excluding hydrogens is 302 g/mol. The Labute approximate surface area is 131 Å². The minimum Gasteiger partial charge on any atom is -0.351 e. The molecule has 22 heavy (non-hydrogen) atoms. The Kier molecular flexibility index (Phi) is 6.33. The van der Waals surface area contributed by atoms with Gasteiger partial charge in [0, 0.05) is 18.9 Å². The van der Waals surface area contributed by atoms with Gasteiger partial charge in [0.2, 0.25) is 15.9 Å². The van der Waals surface area contributed by atoms with Gasteiger partial charge in [-0.2, -0.15) is 0 Å². The molecule has 1 aliphatic rings. The number of hydrogen-bond donors (Lipinski definition) is 2. The van der Waals surface area contributed by atoms with Crippen molar-refractivity contribution in [1.82, 2.24) is 15.0 Å². The molecule has 0 aliphatic heterocycles. The van der Waals surface area contributed by atoms with E-state index in [0.29, 0.717) is 6.54 Å². The molecule has 1 amide bonds. The van der Waals surface area contributed by atoms with Crippen LogP contribution in [0.2, 0.25) is 0 Å². The summed E-state index contributed by atoms with van der Waals surface area (Å²) in [5, 5.41) is 2.67. The van der Waals surface area contributed by atoms with Gasteiger partial charge < -0.3 is 5.32 Å². The molecule has 0 radical (unpaired) electrons. The van der Waals surface area contributed by atoms with Crippen LogP contribution in [0.5, 0.6) is 0 Å². The van der Waals surface area contributed by atoms with Crippen LogP contribution in [-0.4, -0.2) is 31.6 Å². The summed E-state index contributed by atoms with van der Waals surface area (Å²) in [6.07, 6.45) is 8.65. The SMILES string of the molecule is O=C(CNS(=O)(=O)CC1CCCCC1)NCc1cccnc1. The second-order valence-corrected chi connectivity index (χ2v) is 7.60. The molecule has 0 saturated heterocycles. The number of aromatic nitrogens is 1. The molecule has 0 unspecified atom stereocenters. The average Bonchev–Trinajstić information content (AvgIpc) is 2.53. The summed E-state index contributed by atoms with van der Waals surface area (Å²) in [5.41, 5.74) is 0.876. The molecular formula is C15H23N3O3S. The van der Waals surface area contributed by atoms with E-state index in [4.69, 9.17) is 0 Å². The molecule has 1 aliphatic carbocycles. The van der Waals surface area contributed by atoms with E-state index >= 15 is 0 Å². The standard InChI is InChI=1S/C15H23N3O3S/c19-15(17-10-14-7-4-8-16-9-14)11-18-22(20,21)12-13-5-2-1-3-6-13/h4,7-9,13,18H,1-3,5-6,10-12H2,(H,17,19). The number of pyridine rings is 1. The predicted octanol–water partition coefficient (Wildman–Crippen LogP) is 1.20. The van der Waals surface area contributed by atoms with E-state index < -0.39 is 10.0 Å². The number of carbonyl (C=O) groups is 1. The lowest BCUT2D eigenvalue weighted by molar-refractivity contribution is -0.120. The second kappa shape index (κ2) is 8.24. The van der Waals surface area contributed by atoms with Gasteiger partial charge in [-0.15, -0.1) is 0 Å². The highest BCUT2D eigenvalue weighted by Gasteiger charge is 2.21. The molecule has 1 fully saturated rings. The van der Waals surface area contributed by atoms with E-state index in [9.17, 15) is 13.2 Å². The molecule has 2 rings (SSSR count). The van der Waals surface area contributed by atoms with Crippen molar-refractivity contribution in [3.8, 4) is 0 Å². The zero-order valence-electron chi connectivity index (χ0n) is 12.6. The molecule has 0 atom stereocenters. The molecule has 6 nitrogen and oxygen atoms in total. The molecule has 7 heteroatoms. The predicted molar refractivity (Wildman–Crippen MR) is 84.4 cm³/mol. The van der Waals surface area contributed by atoms with E-state index in [2.05, 4.69) is 15.0 Å². The summed E-state index contributed by atoms with van der Waals surface area (Å²) in [6, 6.07) is 3.63. The van der Waals surface area contributed by atoms with Crippen molar-refractivity contribution in [3.05, 3.63) is 30.1 Å². The Morgan fingerprint density at radius 1 is 1.27 bits per heavy atom. The van der Waals surface area contributed by atoms with Crippen molar-refractivity contribution in [2.24, 2.45) is 5.92 Å². The quantitative estimate of drug-likeness (QED) is 0.788. The highest BCUT2D eigenvalue weighted by atomic mass is 32.2.